The molecule has 17 heavy (non-hydrogen) atoms. The highest BCUT2D eigenvalue weighted by Crippen LogP contribution is 2.31. The molecule has 0 saturated carbocycles. The van der Waals surface area contributed by atoms with Crippen LogP contribution in [0.4, 0.5) is 0 Å². The molecule has 0 N–H and O–H groups in total. The lowest BCUT2D eigenvalue weighted by Gasteiger charge is -2.22. The summed E-state index contributed by atoms with van der Waals surface area (Å²) in [5.74, 6) is 1.50. The van der Waals surface area contributed by atoms with E-state index in [0.717, 1.165) is 12.1 Å². The first-order valence-corrected chi connectivity index (χ1v) is 7.06. The Morgan fingerprint density at radius 3 is 2.53 bits per heavy atom. The molecule has 0 amide bonds. The van der Waals surface area contributed by atoms with E-state index in [9.17, 15) is 0 Å². The van der Waals surface area contributed by atoms with E-state index < -0.39 is 0 Å². The lowest BCUT2D eigenvalue weighted by atomic mass is 9.90. The van der Waals surface area contributed by atoms with Gasteiger partial charge in [0.1, 0.15) is 0 Å². The first kappa shape index (κ1) is 14.4. The highest BCUT2D eigenvalue weighted by molar-refractivity contribution is 9.09. The van der Waals surface area contributed by atoms with Crippen LogP contribution in [0.2, 0.25) is 0 Å². The fourth-order valence-electron chi connectivity index (χ4n) is 1.91. The summed E-state index contributed by atoms with van der Waals surface area (Å²) in [6, 6.07) is 0. The molecular weight excluding hydrogens is 280 g/mol. The molecule has 0 aliphatic heterocycles. The minimum Gasteiger partial charge on any atom is -0.477 e. The minimum atomic E-state index is 0.354. The monoisotopic (exact) mass is 300 g/mol. The maximum absolute atomic E-state index is 5.52. The number of rotatable bonds is 6. The Morgan fingerprint density at radius 2 is 2.00 bits per heavy atom. The van der Waals surface area contributed by atoms with E-state index in [-0.39, 0.29) is 0 Å². The fraction of sp³-hybridized carbons (Fsp3) is 0.692. The maximum atomic E-state index is 5.52. The molecule has 2 unspecified atom stereocenters. The quantitative estimate of drug-likeness (QED) is 0.750. The number of ether oxygens (including phenoxy) is 1. The second-order valence-corrected chi connectivity index (χ2v) is 6.02. The summed E-state index contributed by atoms with van der Waals surface area (Å²) >= 11 is 3.65. The summed E-state index contributed by atoms with van der Waals surface area (Å²) in [7, 11) is 0. The average molecular weight is 301 g/mol. The van der Waals surface area contributed by atoms with Gasteiger partial charge in [-0.25, -0.2) is 4.98 Å². The van der Waals surface area contributed by atoms with Crippen LogP contribution in [-0.4, -0.2) is 21.4 Å². The van der Waals surface area contributed by atoms with Crippen molar-refractivity contribution < 1.29 is 4.74 Å². The average Bonchev–Trinajstić information content (AvgIpc) is 2.26. The van der Waals surface area contributed by atoms with Gasteiger partial charge in [0, 0.05) is 16.9 Å². The Kier molecular flexibility index (Phi) is 5.89. The van der Waals surface area contributed by atoms with Gasteiger partial charge in [-0.3, -0.25) is 4.98 Å². The normalized spacial score (nSPS) is 14.7. The summed E-state index contributed by atoms with van der Waals surface area (Å²) in [6.07, 6.45) is 4.49. The van der Waals surface area contributed by atoms with Crippen LogP contribution in [0.5, 0.6) is 5.88 Å². The second kappa shape index (κ2) is 6.94. The highest BCUT2D eigenvalue weighted by Gasteiger charge is 2.22. The predicted molar refractivity (Wildman–Crippen MR) is 73.8 cm³/mol. The van der Waals surface area contributed by atoms with Crippen LogP contribution in [0.25, 0.3) is 0 Å². The molecule has 0 saturated heterocycles. The predicted octanol–water partition coefficient (Wildman–Crippen LogP) is 3.79. The van der Waals surface area contributed by atoms with Crippen LogP contribution < -0.4 is 4.74 Å². The lowest BCUT2D eigenvalue weighted by Crippen LogP contribution is -2.17. The van der Waals surface area contributed by atoms with E-state index in [1.807, 2.05) is 6.20 Å². The molecule has 1 rings (SSSR count). The van der Waals surface area contributed by atoms with Crippen molar-refractivity contribution >= 4 is 15.9 Å². The molecule has 0 aliphatic carbocycles. The van der Waals surface area contributed by atoms with Crippen LogP contribution in [0.3, 0.4) is 0 Å². The third-order valence-corrected chi connectivity index (χ3v) is 3.21. The van der Waals surface area contributed by atoms with E-state index in [4.69, 9.17) is 4.74 Å². The second-order valence-electron chi connectivity index (χ2n) is 4.58. The van der Waals surface area contributed by atoms with Gasteiger partial charge in [-0.1, -0.05) is 43.6 Å². The van der Waals surface area contributed by atoms with Crippen LogP contribution in [0.1, 0.15) is 45.7 Å². The molecule has 2 atom stereocenters. The van der Waals surface area contributed by atoms with Crippen molar-refractivity contribution in [1.82, 2.24) is 9.97 Å². The summed E-state index contributed by atoms with van der Waals surface area (Å²) in [6.45, 7) is 9.31. The molecule has 0 aliphatic rings. The molecule has 3 nitrogen and oxygen atoms in total. The molecule has 96 valence electrons. The van der Waals surface area contributed by atoms with Crippen LogP contribution >= 0.6 is 15.9 Å². The fourth-order valence-corrected chi connectivity index (χ4v) is 2.79. The first-order chi connectivity index (χ1) is 8.06. The standard InChI is InChI=1S/C13H21BrN2O/c1-5-6-17-12-8-15-7-11(16-12)13(9(2)3)10(4)14/h7-10,13H,5-6H2,1-4H3. The van der Waals surface area contributed by atoms with E-state index in [1.54, 1.807) is 6.20 Å². The van der Waals surface area contributed by atoms with Gasteiger partial charge in [0.25, 0.3) is 0 Å². The SMILES string of the molecule is CCCOc1cncc(C(C(C)C)C(C)Br)n1. The number of nitrogens with zero attached hydrogens (tertiary/aromatic N) is 2. The van der Waals surface area contributed by atoms with Crippen molar-refractivity contribution in [2.45, 2.75) is 44.9 Å². The lowest BCUT2D eigenvalue weighted by molar-refractivity contribution is 0.301. The zero-order chi connectivity index (χ0) is 12.8. The van der Waals surface area contributed by atoms with Crippen LogP contribution in [-0.2, 0) is 0 Å². The number of halogens is 1. The molecule has 1 aromatic rings. The van der Waals surface area contributed by atoms with Crippen LogP contribution in [0, 0.1) is 5.92 Å². The third-order valence-electron chi connectivity index (χ3n) is 2.64. The van der Waals surface area contributed by atoms with E-state index in [2.05, 4.69) is 53.6 Å². The van der Waals surface area contributed by atoms with Crippen molar-refractivity contribution in [3.05, 3.63) is 18.1 Å². The number of aromatic nitrogens is 2. The smallest absolute Gasteiger partial charge is 0.232 e. The summed E-state index contributed by atoms with van der Waals surface area (Å²) < 4.78 is 5.52. The molecule has 0 radical (unpaired) electrons. The van der Waals surface area contributed by atoms with E-state index in [1.165, 1.54) is 0 Å². The first-order valence-electron chi connectivity index (χ1n) is 6.15. The Balaban J connectivity index is 2.88. The molecule has 0 bridgehead atoms. The van der Waals surface area contributed by atoms with Gasteiger partial charge in [-0.2, -0.15) is 0 Å². The molecule has 0 fully saturated rings. The highest BCUT2D eigenvalue weighted by atomic mass is 79.9. The summed E-state index contributed by atoms with van der Waals surface area (Å²) in [4.78, 5) is 9.13. The van der Waals surface area contributed by atoms with Crippen molar-refractivity contribution in [2.75, 3.05) is 6.61 Å². The topological polar surface area (TPSA) is 35.0 Å². The van der Waals surface area contributed by atoms with Gasteiger partial charge in [-0.05, 0) is 12.3 Å². The van der Waals surface area contributed by atoms with Gasteiger partial charge in [0.2, 0.25) is 5.88 Å². The van der Waals surface area contributed by atoms with Crippen molar-refractivity contribution in [1.29, 1.82) is 0 Å². The Bertz CT molecular complexity index is 334. The van der Waals surface area contributed by atoms with Gasteiger partial charge in [0.15, 0.2) is 0 Å². The Morgan fingerprint density at radius 1 is 1.29 bits per heavy atom. The molecule has 0 aromatic carbocycles. The molecule has 1 heterocycles. The van der Waals surface area contributed by atoms with Crippen molar-refractivity contribution in [3.8, 4) is 5.88 Å². The van der Waals surface area contributed by atoms with E-state index in [0.29, 0.717) is 29.1 Å². The van der Waals surface area contributed by atoms with Crippen molar-refractivity contribution in [2.24, 2.45) is 5.92 Å². The largest absolute Gasteiger partial charge is 0.477 e. The Labute approximate surface area is 112 Å². The summed E-state index contributed by atoms with van der Waals surface area (Å²) in [5, 5.41) is 0. The van der Waals surface area contributed by atoms with Gasteiger partial charge in [0.05, 0.1) is 18.5 Å². The minimum absolute atomic E-state index is 0.354. The zero-order valence-corrected chi connectivity index (χ0v) is 12.6. The molecule has 1 aromatic heterocycles. The van der Waals surface area contributed by atoms with Gasteiger partial charge >= 0.3 is 0 Å². The maximum Gasteiger partial charge on any atom is 0.232 e. The van der Waals surface area contributed by atoms with Crippen LogP contribution in [0.15, 0.2) is 12.4 Å². The van der Waals surface area contributed by atoms with Gasteiger partial charge < -0.3 is 4.74 Å². The number of hydrogen-bond acceptors (Lipinski definition) is 3. The third kappa shape index (κ3) is 4.26. The molecule has 0 spiro atoms. The van der Waals surface area contributed by atoms with Crippen molar-refractivity contribution in [3.63, 3.8) is 0 Å². The zero-order valence-electron chi connectivity index (χ0n) is 11.0. The molecule has 4 heteroatoms. The molecular formula is C13H21BrN2O. The summed E-state index contributed by atoms with van der Waals surface area (Å²) in [5.41, 5.74) is 0.998. The van der Waals surface area contributed by atoms with Gasteiger partial charge in [-0.15, -0.1) is 0 Å². The van der Waals surface area contributed by atoms with E-state index >= 15 is 0 Å². The number of hydrogen-bond donors (Lipinski definition) is 0. The Hall–Kier alpha value is -0.640. The number of alkyl halides is 1.